The van der Waals surface area contributed by atoms with Gasteiger partial charge in [0.05, 0.1) is 0 Å². The molecule has 0 N–H and O–H groups in total. The average molecular weight is 877 g/mol. The Kier molecular flexibility index (Phi) is 48.5. The van der Waals surface area contributed by atoms with Gasteiger partial charge >= 0.3 is 17.9 Å². The molecule has 0 aliphatic heterocycles. The summed E-state index contributed by atoms with van der Waals surface area (Å²) in [5, 5.41) is 0. The van der Waals surface area contributed by atoms with Gasteiger partial charge < -0.3 is 14.2 Å². The number of allylic oxidation sites excluding steroid dienone is 14. The third kappa shape index (κ3) is 49.5. The Bertz CT molecular complexity index is 1240. The number of unbranched alkanes of at least 4 members (excludes halogenated alkanes) is 21. The lowest BCUT2D eigenvalue weighted by atomic mass is 10.0. The minimum Gasteiger partial charge on any atom is -0.462 e. The fraction of sp³-hybridized carbons (Fsp3) is 0.702. The minimum absolute atomic E-state index is 0.0987. The molecule has 0 bridgehead atoms. The van der Waals surface area contributed by atoms with Crippen LogP contribution in [0.1, 0.15) is 239 Å². The van der Waals surface area contributed by atoms with Crippen molar-refractivity contribution in [3.05, 3.63) is 85.1 Å². The molecule has 1 atom stereocenters. The Labute approximate surface area is 388 Å². The molecule has 63 heavy (non-hydrogen) atoms. The van der Waals surface area contributed by atoms with Gasteiger partial charge in [-0.2, -0.15) is 0 Å². The lowest BCUT2D eigenvalue weighted by Crippen LogP contribution is -2.30. The van der Waals surface area contributed by atoms with Crippen LogP contribution in [0.3, 0.4) is 0 Å². The zero-order chi connectivity index (χ0) is 45.8. The van der Waals surface area contributed by atoms with E-state index in [4.69, 9.17) is 14.2 Å². The van der Waals surface area contributed by atoms with E-state index in [1.165, 1.54) is 89.9 Å². The van der Waals surface area contributed by atoms with Gasteiger partial charge in [-0.3, -0.25) is 14.4 Å². The van der Waals surface area contributed by atoms with Gasteiger partial charge in [0.25, 0.3) is 0 Å². The maximum atomic E-state index is 12.8. The normalized spacial score (nSPS) is 12.7. The van der Waals surface area contributed by atoms with Crippen molar-refractivity contribution in [2.24, 2.45) is 0 Å². The molecule has 0 aliphatic carbocycles. The van der Waals surface area contributed by atoms with E-state index in [0.29, 0.717) is 19.3 Å². The van der Waals surface area contributed by atoms with Crippen LogP contribution in [0, 0.1) is 0 Å². The van der Waals surface area contributed by atoms with Crippen LogP contribution >= 0.6 is 0 Å². The molecule has 0 aromatic carbocycles. The molecule has 6 nitrogen and oxygen atoms in total. The van der Waals surface area contributed by atoms with E-state index >= 15 is 0 Å². The SMILES string of the molecule is CC/C=C\C/C=C\C/C=C\C/C=C\C/C=C\CCCC(=O)OCC(COC(=O)CCCCCCCCCCCCCCCC)OC(=O)CCCCCCC/C=C\C/C=C\CCCC. The molecular formula is C57H96O6. The molecule has 0 aromatic rings. The van der Waals surface area contributed by atoms with Crippen LogP contribution in [0.4, 0.5) is 0 Å². The lowest BCUT2D eigenvalue weighted by Gasteiger charge is -2.18. The van der Waals surface area contributed by atoms with Gasteiger partial charge in [0, 0.05) is 19.3 Å². The van der Waals surface area contributed by atoms with Gasteiger partial charge in [-0.05, 0) is 83.5 Å². The molecule has 0 saturated heterocycles. The standard InChI is InChI=1S/C57H96O6/c1-4-7-10-13-16-19-22-25-28-29-30-33-35-38-41-44-47-50-56(59)62-53-54(63-57(60)51-48-45-42-39-36-32-27-24-21-18-15-12-9-6-3)52-61-55(58)49-46-43-40-37-34-31-26-23-20-17-14-11-8-5-2/h7,10,15-16,18-19,24-25,27-28,30,33,38,41,54H,4-6,8-9,11-14,17,20-23,26,29,31-32,34-37,39-40,42-53H2,1-3H3/b10-7-,18-15-,19-16-,27-24-,28-25-,33-30-,41-38-. The predicted molar refractivity (Wildman–Crippen MR) is 270 cm³/mol. The van der Waals surface area contributed by atoms with Gasteiger partial charge in [0.1, 0.15) is 13.2 Å². The van der Waals surface area contributed by atoms with E-state index in [9.17, 15) is 14.4 Å². The van der Waals surface area contributed by atoms with E-state index in [0.717, 1.165) is 103 Å². The fourth-order valence-corrected chi connectivity index (χ4v) is 6.96. The number of rotatable bonds is 46. The summed E-state index contributed by atoms with van der Waals surface area (Å²) in [6.45, 7) is 6.42. The smallest absolute Gasteiger partial charge is 0.306 e. The van der Waals surface area contributed by atoms with E-state index in [1.54, 1.807) is 0 Å². The molecule has 0 rings (SSSR count). The second-order valence-corrected chi connectivity index (χ2v) is 17.1. The highest BCUT2D eigenvalue weighted by Gasteiger charge is 2.19. The first-order valence-corrected chi connectivity index (χ1v) is 26.1. The largest absolute Gasteiger partial charge is 0.462 e. The Morgan fingerprint density at radius 3 is 1.08 bits per heavy atom. The van der Waals surface area contributed by atoms with Gasteiger partial charge in [-0.15, -0.1) is 0 Å². The first kappa shape index (κ1) is 59.6. The minimum atomic E-state index is -0.805. The van der Waals surface area contributed by atoms with Crippen LogP contribution in [0.15, 0.2) is 85.1 Å². The quantitative estimate of drug-likeness (QED) is 0.0262. The van der Waals surface area contributed by atoms with Crippen molar-refractivity contribution in [2.45, 2.75) is 245 Å². The maximum absolute atomic E-state index is 12.8. The Morgan fingerprint density at radius 2 is 0.651 bits per heavy atom. The Morgan fingerprint density at radius 1 is 0.333 bits per heavy atom. The molecular weight excluding hydrogens is 781 g/mol. The Hall–Kier alpha value is -3.41. The van der Waals surface area contributed by atoms with Gasteiger partial charge in [-0.25, -0.2) is 0 Å². The van der Waals surface area contributed by atoms with Crippen molar-refractivity contribution in [3.8, 4) is 0 Å². The molecule has 0 amide bonds. The molecule has 0 radical (unpaired) electrons. The highest BCUT2D eigenvalue weighted by Crippen LogP contribution is 2.15. The van der Waals surface area contributed by atoms with Crippen LogP contribution in [-0.2, 0) is 28.6 Å². The molecule has 0 aromatic heterocycles. The van der Waals surface area contributed by atoms with E-state index in [-0.39, 0.29) is 37.5 Å². The summed E-state index contributed by atoms with van der Waals surface area (Å²) >= 11 is 0. The highest BCUT2D eigenvalue weighted by molar-refractivity contribution is 5.71. The lowest BCUT2D eigenvalue weighted by molar-refractivity contribution is -0.167. The summed E-state index contributed by atoms with van der Waals surface area (Å²) in [4.78, 5) is 38.0. The fourth-order valence-electron chi connectivity index (χ4n) is 6.96. The molecule has 0 saturated carbocycles. The molecule has 0 aliphatic rings. The molecule has 360 valence electrons. The third-order valence-corrected chi connectivity index (χ3v) is 10.9. The summed E-state index contributed by atoms with van der Waals surface area (Å²) in [6, 6.07) is 0. The van der Waals surface area contributed by atoms with Crippen molar-refractivity contribution < 1.29 is 28.6 Å². The molecule has 0 fully saturated rings. The number of carbonyl (C=O) groups is 3. The zero-order valence-corrected chi connectivity index (χ0v) is 41.1. The number of esters is 3. The van der Waals surface area contributed by atoms with Crippen molar-refractivity contribution in [2.75, 3.05) is 13.2 Å². The summed E-state index contributed by atoms with van der Waals surface area (Å²) in [5.74, 6) is -0.973. The van der Waals surface area contributed by atoms with Gasteiger partial charge in [0.15, 0.2) is 6.10 Å². The summed E-state index contributed by atoms with van der Waals surface area (Å²) in [7, 11) is 0. The second-order valence-electron chi connectivity index (χ2n) is 17.1. The average Bonchev–Trinajstić information content (AvgIpc) is 3.28. The highest BCUT2D eigenvalue weighted by atomic mass is 16.6. The first-order valence-electron chi connectivity index (χ1n) is 26.1. The topological polar surface area (TPSA) is 78.9 Å². The molecule has 6 heteroatoms. The van der Waals surface area contributed by atoms with Crippen LogP contribution in [0.25, 0.3) is 0 Å². The van der Waals surface area contributed by atoms with Crippen LogP contribution in [0.2, 0.25) is 0 Å². The van der Waals surface area contributed by atoms with Crippen LogP contribution in [-0.4, -0.2) is 37.2 Å². The number of hydrogen-bond acceptors (Lipinski definition) is 6. The number of hydrogen-bond donors (Lipinski definition) is 0. The third-order valence-electron chi connectivity index (χ3n) is 10.9. The number of ether oxygens (including phenoxy) is 3. The summed E-state index contributed by atoms with van der Waals surface area (Å²) in [5.41, 5.74) is 0. The van der Waals surface area contributed by atoms with Crippen molar-refractivity contribution in [3.63, 3.8) is 0 Å². The summed E-state index contributed by atoms with van der Waals surface area (Å²) < 4.78 is 16.7. The Balaban J connectivity index is 4.49. The second kappa shape index (κ2) is 51.2. The van der Waals surface area contributed by atoms with Gasteiger partial charge in [0.2, 0.25) is 0 Å². The van der Waals surface area contributed by atoms with Crippen molar-refractivity contribution >= 4 is 17.9 Å². The van der Waals surface area contributed by atoms with E-state index < -0.39 is 6.10 Å². The zero-order valence-electron chi connectivity index (χ0n) is 41.1. The summed E-state index contributed by atoms with van der Waals surface area (Å²) in [6.07, 6.45) is 65.7. The first-order chi connectivity index (χ1) is 31.0. The van der Waals surface area contributed by atoms with Crippen LogP contribution < -0.4 is 0 Å². The number of carbonyl (C=O) groups excluding carboxylic acids is 3. The molecule has 0 spiro atoms. The van der Waals surface area contributed by atoms with Crippen LogP contribution in [0.5, 0.6) is 0 Å². The predicted octanol–water partition coefficient (Wildman–Crippen LogP) is 17.2. The van der Waals surface area contributed by atoms with E-state index in [1.807, 2.05) is 0 Å². The molecule has 1 unspecified atom stereocenters. The van der Waals surface area contributed by atoms with Crippen molar-refractivity contribution in [1.29, 1.82) is 0 Å². The monoisotopic (exact) mass is 877 g/mol. The van der Waals surface area contributed by atoms with E-state index in [2.05, 4.69) is 106 Å². The maximum Gasteiger partial charge on any atom is 0.306 e. The molecule has 0 heterocycles. The van der Waals surface area contributed by atoms with Gasteiger partial charge in [-0.1, -0.05) is 221 Å². The van der Waals surface area contributed by atoms with Crippen molar-refractivity contribution in [1.82, 2.24) is 0 Å².